The van der Waals surface area contributed by atoms with E-state index in [9.17, 15) is 4.79 Å². The van der Waals surface area contributed by atoms with Gasteiger partial charge in [-0.2, -0.15) is 0 Å². The Morgan fingerprint density at radius 3 is 2.65 bits per heavy atom. The number of ether oxygens (including phenoxy) is 1. The molecule has 0 aliphatic carbocycles. The van der Waals surface area contributed by atoms with Gasteiger partial charge in [0.1, 0.15) is 6.10 Å². The van der Waals surface area contributed by atoms with E-state index in [0.29, 0.717) is 6.42 Å². The number of carbonyl (C=O) groups is 1. The quantitative estimate of drug-likeness (QED) is 0.505. The van der Waals surface area contributed by atoms with Crippen molar-refractivity contribution in [3.05, 3.63) is 34.9 Å². The van der Waals surface area contributed by atoms with E-state index in [1.54, 1.807) is 0 Å². The minimum atomic E-state index is -0.0867. The zero-order chi connectivity index (χ0) is 16.7. The van der Waals surface area contributed by atoms with Gasteiger partial charge >= 0.3 is 5.97 Å². The number of hydrogen-bond acceptors (Lipinski definition) is 2. The van der Waals surface area contributed by atoms with Gasteiger partial charge in [0.2, 0.25) is 0 Å². The van der Waals surface area contributed by atoms with E-state index >= 15 is 0 Å². The first-order valence-electron chi connectivity index (χ1n) is 9.13. The predicted molar refractivity (Wildman–Crippen MR) is 100.0 cm³/mol. The molecule has 0 radical (unpaired) electrons. The Morgan fingerprint density at radius 1 is 1.30 bits per heavy atom. The van der Waals surface area contributed by atoms with Crippen LogP contribution in [0.5, 0.6) is 0 Å². The number of esters is 1. The predicted octanol–water partition coefficient (Wildman–Crippen LogP) is 5.22. The van der Waals surface area contributed by atoms with E-state index in [2.05, 4.69) is 39.0 Å². The van der Waals surface area contributed by atoms with Crippen molar-refractivity contribution < 1.29 is 9.53 Å². The third-order valence-electron chi connectivity index (χ3n) is 4.83. The fraction of sp³-hybridized carbons (Fsp3) is 0.650. The average molecular weight is 334 g/mol. The summed E-state index contributed by atoms with van der Waals surface area (Å²) in [5.41, 5.74) is 3.91. The molecule has 0 N–H and O–H groups in total. The fourth-order valence-corrected chi connectivity index (χ4v) is 4.86. The van der Waals surface area contributed by atoms with Gasteiger partial charge in [0.15, 0.2) is 0 Å². The van der Waals surface area contributed by atoms with Crippen molar-refractivity contribution in [2.75, 3.05) is 12.3 Å². The van der Waals surface area contributed by atoms with Crippen LogP contribution in [0, 0.1) is 6.92 Å². The average Bonchev–Trinajstić information content (AvgIpc) is 2.55. The molecule has 2 rings (SSSR count). The minimum Gasteiger partial charge on any atom is -0.462 e. The van der Waals surface area contributed by atoms with Gasteiger partial charge in [-0.15, -0.1) is 8.58 Å². The van der Waals surface area contributed by atoms with E-state index in [0.717, 1.165) is 39.3 Å². The maximum absolute atomic E-state index is 12.1. The zero-order valence-electron chi connectivity index (χ0n) is 14.9. The van der Waals surface area contributed by atoms with Crippen molar-refractivity contribution >= 4 is 14.6 Å². The normalized spacial score (nSPS) is 20.4. The molecular formula is C20H31O2P. The molecule has 1 fully saturated rings. The number of carbonyl (C=O) groups excluding carboxylic acids is 1. The Balaban J connectivity index is 1.95. The summed E-state index contributed by atoms with van der Waals surface area (Å²) in [4.78, 5) is 12.1. The summed E-state index contributed by atoms with van der Waals surface area (Å²) in [6.45, 7) is 6.40. The highest BCUT2D eigenvalue weighted by Gasteiger charge is 2.18. The SMILES string of the molecule is CCCC(CC)OC(=O)Cc1ccc(C2CCPCC2)c(C)c1. The smallest absolute Gasteiger partial charge is 0.310 e. The van der Waals surface area contributed by atoms with Crippen LogP contribution in [0.1, 0.15) is 68.6 Å². The maximum Gasteiger partial charge on any atom is 0.310 e. The van der Waals surface area contributed by atoms with Gasteiger partial charge in [0, 0.05) is 0 Å². The van der Waals surface area contributed by atoms with Gasteiger partial charge in [0.25, 0.3) is 0 Å². The molecule has 1 heterocycles. The molecule has 0 saturated carbocycles. The van der Waals surface area contributed by atoms with Crippen molar-refractivity contribution in [3.63, 3.8) is 0 Å². The first-order chi connectivity index (χ1) is 11.1. The van der Waals surface area contributed by atoms with Crippen LogP contribution >= 0.6 is 8.58 Å². The van der Waals surface area contributed by atoms with E-state index in [4.69, 9.17) is 4.74 Å². The van der Waals surface area contributed by atoms with Crippen molar-refractivity contribution in [3.8, 4) is 0 Å². The van der Waals surface area contributed by atoms with Crippen LogP contribution in [-0.4, -0.2) is 24.4 Å². The molecule has 1 atom stereocenters. The van der Waals surface area contributed by atoms with E-state index in [1.807, 2.05) is 0 Å². The lowest BCUT2D eigenvalue weighted by atomic mass is 9.89. The topological polar surface area (TPSA) is 26.3 Å². The Hall–Kier alpha value is -0.880. The number of rotatable bonds is 7. The molecule has 1 aliphatic rings. The number of hydrogen-bond donors (Lipinski definition) is 0. The van der Waals surface area contributed by atoms with Crippen LogP contribution in [0.4, 0.5) is 0 Å². The Bertz CT molecular complexity index is 506. The molecule has 2 nitrogen and oxygen atoms in total. The first-order valence-corrected chi connectivity index (χ1v) is 10.5. The van der Waals surface area contributed by atoms with Crippen LogP contribution < -0.4 is 0 Å². The molecule has 1 aliphatic heterocycles. The van der Waals surface area contributed by atoms with Gasteiger partial charge in [-0.05, 0) is 67.5 Å². The molecule has 1 unspecified atom stereocenters. The number of aryl methyl sites for hydroxylation is 1. The van der Waals surface area contributed by atoms with Crippen molar-refractivity contribution in [1.82, 2.24) is 0 Å². The summed E-state index contributed by atoms with van der Waals surface area (Å²) < 4.78 is 5.59. The lowest BCUT2D eigenvalue weighted by Gasteiger charge is -2.24. The first kappa shape index (κ1) is 18.5. The summed E-state index contributed by atoms with van der Waals surface area (Å²) in [6, 6.07) is 6.57. The van der Waals surface area contributed by atoms with Gasteiger partial charge in [0.05, 0.1) is 6.42 Å². The van der Waals surface area contributed by atoms with Gasteiger partial charge in [-0.3, -0.25) is 4.79 Å². The lowest BCUT2D eigenvalue weighted by molar-refractivity contribution is -0.148. The maximum atomic E-state index is 12.1. The van der Waals surface area contributed by atoms with E-state index in [-0.39, 0.29) is 12.1 Å². The lowest BCUT2D eigenvalue weighted by Crippen LogP contribution is -2.19. The fourth-order valence-electron chi connectivity index (χ4n) is 3.50. The largest absolute Gasteiger partial charge is 0.462 e. The van der Waals surface area contributed by atoms with Crippen molar-refractivity contribution in [2.45, 2.75) is 71.3 Å². The monoisotopic (exact) mass is 334 g/mol. The molecular weight excluding hydrogens is 303 g/mol. The molecule has 3 heteroatoms. The van der Waals surface area contributed by atoms with Crippen LogP contribution in [0.25, 0.3) is 0 Å². The van der Waals surface area contributed by atoms with Crippen molar-refractivity contribution in [1.29, 1.82) is 0 Å². The van der Waals surface area contributed by atoms with Crippen LogP contribution in [-0.2, 0) is 16.0 Å². The summed E-state index contributed by atoms with van der Waals surface area (Å²) in [7, 11) is 1.16. The highest BCUT2D eigenvalue weighted by Crippen LogP contribution is 2.35. The van der Waals surface area contributed by atoms with Crippen LogP contribution in [0.3, 0.4) is 0 Å². The van der Waals surface area contributed by atoms with Gasteiger partial charge in [-0.1, -0.05) is 38.5 Å². The second-order valence-corrected chi connectivity index (χ2v) is 8.20. The summed E-state index contributed by atoms with van der Waals surface area (Å²) in [5.74, 6) is 0.641. The summed E-state index contributed by atoms with van der Waals surface area (Å²) >= 11 is 0. The minimum absolute atomic E-state index is 0.0796. The van der Waals surface area contributed by atoms with E-state index < -0.39 is 0 Å². The van der Waals surface area contributed by atoms with Gasteiger partial charge in [-0.25, -0.2) is 0 Å². The molecule has 0 amide bonds. The highest BCUT2D eigenvalue weighted by atomic mass is 31.1. The van der Waals surface area contributed by atoms with Gasteiger partial charge < -0.3 is 4.74 Å². The molecule has 0 spiro atoms. The third kappa shape index (κ3) is 5.60. The molecule has 23 heavy (non-hydrogen) atoms. The molecule has 128 valence electrons. The summed E-state index contributed by atoms with van der Waals surface area (Å²) in [6.07, 6.45) is 8.82. The molecule has 1 aromatic carbocycles. The Morgan fingerprint density at radius 2 is 2.04 bits per heavy atom. The second-order valence-electron chi connectivity index (χ2n) is 6.70. The van der Waals surface area contributed by atoms with Crippen molar-refractivity contribution in [2.24, 2.45) is 0 Å². The molecule has 0 aromatic heterocycles. The molecule has 0 bridgehead atoms. The Kier molecular flexibility index (Phi) is 7.56. The second kappa shape index (κ2) is 9.42. The summed E-state index contributed by atoms with van der Waals surface area (Å²) in [5, 5.41) is 0. The molecule has 1 aromatic rings. The standard InChI is InChI=1S/C20H31O2P/c1-4-6-18(5-2)22-20(21)14-16-7-8-19(15(3)13-16)17-9-11-23-12-10-17/h7-8,13,17-18,23H,4-6,9-12,14H2,1-3H3. The Labute approximate surface area is 143 Å². The third-order valence-corrected chi connectivity index (χ3v) is 6.11. The molecule has 1 saturated heterocycles. The highest BCUT2D eigenvalue weighted by molar-refractivity contribution is 7.38. The van der Waals surface area contributed by atoms with E-state index in [1.165, 1.54) is 36.3 Å². The van der Waals surface area contributed by atoms with Crippen LogP contribution in [0.15, 0.2) is 18.2 Å². The van der Waals surface area contributed by atoms with Crippen LogP contribution in [0.2, 0.25) is 0 Å². The zero-order valence-corrected chi connectivity index (χ0v) is 15.9. The number of benzene rings is 1.